The first-order valence-electron chi connectivity index (χ1n) is 7.46. The molecular formula is C17H22N2. The molecule has 1 aromatic heterocycles. The van der Waals surface area contributed by atoms with Gasteiger partial charge in [0.2, 0.25) is 0 Å². The molecule has 2 heteroatoms. The SMILES string of the molecule is CCCCN(CC1CC1)c1cnc2ccccc2c1. The Balaban J connectivity index is 1.84. The van der Waals surface area contributed by atoms with Crippen LogP contribution in [0.5, 0.6) is 0 Å². The molecule has 0 N–H and O–H groups in total. The number of anilines is 1. The van der Waals surface area contributed by atoms with Crippen molar-refractivity contribution in [1.82, 2.24) is 4.98 Å². The number of hydrogen-bond acceptors (Lipinski definition) is 2. The summed E-state index contributed by atoms with van der Waals surface area (Å²) in [4.78, 5) is 7.12. The second-order valence-electron chi connectivity index (χ2n) is 5.63. The van der Waals surface area contributed by atoms with Gasteiger partial charge in [-0.05, 0) is 37.3 Å². The topological polar surface area (TPSA) is 16.1 Å². The molecule has 1 aliphatic rings. The van der Waals surface area contributed by atoms with Crippen LogP contribution < -0.4 is 4.90 Å². The van der Waals surface area contributed by atoms with Gasteiger partial charge < -0.3 is 4.90 Å². The number of pyridine rings is 1. The van der Waals surface area contributed by atoms with Crippen molar-refractivity contribution in [3.05, 3.63) is 36.5 Å². The van der Waals surface area contributed by atoms with Gasteiger partial charge in [0, 0.05) is 18.5 Å². The Morgan fingerprint density at radius 3 is 2.89 bits per heavy atom. The van der Waals surface area contributed by atoms with E-state index in [0.717, 1.165) is 18.0 Å². The third-order valence-corrected chi connectivity index (χ3v) is 3.90. The lowest BCUT2D eigenvalue weighted by Crippen LogP contribution is -2.26. The van der Waals surface area contributed by atoms with Crippen LogP contribution in [0, 0.1) is 5.92 Å². The molecule has 1 heterocycles. The molecular weight excluding hydrogens is 232 g/mol. The van der Waals surface area contributed by atoms with Crippen molar-refractivity contribution < 1.29 is 0 Å². The van der Waals surface area contributed by atoms with Crippen molar-refractivity contribution in [3.63, 3.8) is 0 Å². The third-order valence-electron chi connectivity index (χ3n) is 3.90. The highest BCUT2D eigenvalue weighted by atomic mass is 15.1. The summed E-state index contributed by atoms with van der Waals surface area (Å²) >= 11 is 0. The Labute approximate surface area is 115 Å². The molecule has 1 saturated carbocycles. The van der Waals surface area contributed by atoms with Crippen LogP contribution in [0.2, 0.25) is 0 Å². The zero-order valence-corrected chi connectivity index (χ0v) is 11.7. The first kappa shape index (κ1) is 12.5. The van der Waals surface area contributed by atoms with Gasteiger partial charge in [0.25, 0.3) is 0 Å². The number of unbranched alkanes of at least 4 members (excludes halogenated alkanes) is 1. The molecule has 3 rings (SSSR count). The molecule has 0 amide bonds. The Morgan fingerprint density at radius 2 is 2.11 bits per heavy atom. The maximum absolute atomic E-state index is 4.60. The van der Waals surface area contributed by atoms with E-state index in [1.807, 2.05) is 12.3 Å². The lowest BCUT2D eigenvalue weighted by molar-refractivity contribution is 0.678. The van der Waals surface area contributed by atoms with Gasteiger partial charge in [0.15, 0.2) is 0 Å². The lowest BCUT2D eigenvalue weighted by atomic mass is 10.2. The molecule has 2 aromatic rings. The molecule has 0 atom stereocenters. The highest BCUT2D eigenvalue weighted by Crippen LogP contribution is 2.32. The number of hydrogen-bond donors (Lipinski definition) is 0. The van der Waals surface area contributed by atoms with Gasteiger partial charge in [-0.2, -0.15) is 0 Å². The summed E-state index contributed by atoms with van der Waals surface area (Å²) in [6.07, 6.45) is 7.37. The lowest BCUT2D eigenvalue weighted by Gasteiger charge is -2.24. The molecule has 100 valence electrons. The van der Waals surface area contributed by atoms with Crippen LogP contribution in [0.1, 0.15) is 32.6 Å². The van der Waals surface area contributed by atoms with Crippen molar-refractivity contribution in [2.45, 2.75) is 32.6 Å². The molecule has 1 aromatic carbocycles. The van der Waals surface area contributed by atoms with Gasteiger partial charge >= 0.3 is 0 Å². The van der Waals surface area contributed by atoms with Crippen LogP contribution in [0.15, 0.2) is 36.5 Å². The summed E-state index contributed by atoms with van der Waals surface area (Å²) < 4.78 is 0. The van der Waals surface area contributed by atoms with Crippen LogP contribution in [0.4, 0.5) is 5.69 Å². The van der Waals surface area contributed by atoms with Crippen molar-refractivity contribution in [2.75, 3.05) is 18.0 Å². The third kappa shape index (κ3) is 3.06. The molecule has 0 aliphatic heterocycles. The fraction of sp³-hybridized carbons (Fsp3) is 0.471. The van der Waals surface area contributed by atoms with Crippen molar-refractivity contribution >= 4 is 16.6 Å². The first-order chi connectivity index (χ1) is 9.36. The van der Waals surface area contributed by atoms with Gasteiger partial charge in [0.05, 0.1) is 17.4 Å². The number of para-hydroxylation sites is 1. The average Bonchev–Trinajstić information content (AvgIpc) is 3.27. The molecule has 0 saturated heterocycles. The van der Waals surface area contributed by atoms with E-state index >= 15 is 0 Å². The van der Waals surface area contributed by atoms with Gasteiger partial charge in [-0.25, -0.2) is 0 Å². The van der Waals surface area contributed by atoms with E-state index in [1.54, 1.807) is 0 Å². The van der Waals surface area contributed by atoms with E-state index in [2.05, 4.69) is 41.1 Å². The number of benzene rings is 1. The second kappa shape index (κ2) is 5.60. The quantitative estimate of drug-likeness (QED) is 0.766. The fourth-order valence-electron chi connectivity index (χ4n) is 2.52. The van der Waals surface area contributed by atoms with Crippen molar-refractivity contribution in [3.8, 4) is 0 Å². The fourth-order valence-corrected chi connectivity index (χ4v) is 2.52. The van der Waals surface area contributed by atoms with Crippen molar-refractivity contribution in [1.29, 1.82) is 0 Å². The predicted octanol–water partition coefficient (Wildman–Crippen LogP) is 4.25. The highest BCUT2D eigenvalue weighted by molar-refractivity contribution is 5.81. The second-order valence-corrected chi connectivity index (χ2v) is 5.63. The first-order valence-corrected chi connectivity index (χ1v) is 7.46. The number of nitrogens with zero attached hydrogens (tertiary/aromatic N) is 2. The van der Waals surface area contributed by atoms with E-state index in [-0.39, 0.29) is 0 Å². The average molecular weight is 254 g/mol. The maximum Gasteiger partial charge on any atom is 0.0703 e. The number of fused-ring (bicyclic) bond motifs is 1. The smallest absolute Gasteiger partial charge is 0.0703 e. The molecule has 0 bridgehead atoms. The Kier molecular flexibility index (Phi) is 3.67. The maximum atomic E-state index is 4.60. The summed E-state index contributed by atoms with van der Waals surface area (Å²) in [6.45, 7) is 4.63. The predicted molar refractivity (Wildman–Crippen MR) is 81.6 cm³/mol. The van der Waals surface area contributed by atoms with Crippen LogP contribution in [0.3, 0.4) is 0 Å². The van der Waals surface area contributed by atoms with Crippen LogP contribution >= 0.6 is 0 Å². The minimum atomic E-state index is 0.920. The zero-order chi connectivity index (χ0) is 13.1. The summed E-state index contributed by atoms with van der Waals surface area (Å²) in [6, 6.07) is 10.7. The minimum Gasteiger partial charge on any atom is -0.370 e. The van der Waals surface area contributed by atoms with Gasteiger partial charge in [-0.15, -0.1) is 0 Å². The molecule has 0 unspecified atom stereocenters. The Hall–Kier alpha value is -1.57. The highest BCUT2D eigenvalue weighted by Gasteiger charge is 2.24. The van der Waals surface area contributed by atoms with Crippen LogP contribution in [-0.2, 0) is 0 Å². The minimum absolute atomic E-state index is 0.920. The zero-order valence-electron chi connectivity index (χ0n) is 11.7. The number of aromatic nitrogens is 1. The van der Waals surface area contributed by atoms with Gasteiger partial charge in [0.1, 0.15) is 0 Å². The Bertz CT molecular complexity index is 546. The van der Waals surface area contributed by atoms with Crippen LogP contribution in [0.25, 0.3) is 10.9 Å². The van der Waals surface area contributed by atoms with E-state index in [0.29, 0.717) is 0 Å². The molecule has 19 heavy (non-hydrogen) atoms. The standard InChI is InChI=1S/C17H22N2/c1-2-3-10-19(13-14-8-9-14)16-11-15-6-4-5-7-17(15)18-12-16/h4-7,11-12,14H,2-3,8-10,13H2,1H3. The molecule has 1 aliphatic carbocycles. The molecule has 0 spiro atoms. The summed E-state index contributed by atoms with van der Waals surface area (Å²) in [5.74, 6) is 0.920. The largest absolute Gasteiger partial charge is 0.370 e. The normalized spacial score (nSPS) is 14.8. The monoisotopic (exact) mass is 254 g/mol. The van der Waals surface area contributed by atoms with E-state index in [1.165, 1.54) is 43.3 Å². The van der Waals surface area contributed by atoms with Crippen LogP contribution in [-0.4, -0.2) is 18.1 Å². The van der Waals surface area contributed by atoms with Crippen molar-refractivity contribution in [2.24, 2.45) is 5.92 Å². The Morgan fingerprint density at radius 1 is 1.26 bits per heavy atom. The molecule has 1 fully saturated rings. The van der Waals surface area contributed by atoms with E-state index in [4.69, 9.17) is 0 Å². The molecule has 2 nitrogen and oxygen atoms in total. The summed E-state index contributed by atoms with van der Waals surface area (Å²) in [5.41, 5.74) is 2.38. The van der Waals surface area contributed by atoms with Gasteiger partial charge in [-0.1, -0.05) is 31.5 Å². The summed E-state index contributed by atoms with van der Waals surface area (Å²) in [7, 11) is 0. The number of rotatable bonds is 6. The summed E-state index contributed by atoms with van der Waals surface area (Å²) in [5, 5.41) is 1.25. The van der Waals surface area contributed by atoms with Gasteiger partial charge in [-0.3, -0.25) is 4.98 Å². The van der Waals surface area contributed by atoms with E-state index in [9.17, 15) is 0 Å². The van der Waals surface area contributed by atoms with E-state index < -0.39 is 0 Å². The molecule has 0 radical (unpaired) electrons.